The Labute approximate surface area is 225 Å². The van der Waals surface area contributed by atoms with Gasteiger partial charge < -0.3 is 0 Å². The third-order valence-electron chi connectivity index (χ3n) is 7.51. The van der Waals surface area contributed by atoms with E-state index in [-0.39, 0.29) is 10.8 Å². The Hall–Kier alpha value is -2.91. The van der Waals surface area contributed by atoms with Gasteiger partial charge in [0.1, 0.15) is 7.05 Å². The summed E-state index contributed by atoms with van der Waals surface area (Å²) < 4.78 is 2.33. The highest BCUT2D eigenvalue weighted by Gasteiger charge is 2.33. The minimum atomic E-state index is 0.188. The number of rotatable bonds is 2. The average Bonchev–Trinajstić information content (AvgIpc) is 2.81. The van der Waals surface area contributed by atoms with E-state index in [9.17, 15) is 0 Å². The van der Waals surface area contributed by atoms with E-state index in [0.29, 0.717) is 0 Å². The zero-order valence-corrected chi connectivity index (χ0v) is 24.2. The van der Waals surface area contributed by atoms with E-state index < -0.39 is 0 Å². The molecule has 3 heterocycles. The molecule has 0 saturated carbocycles. The lowest BCUT2D eigenvalue weighted by molar-refractivity contribution is -0.659. The van der Waals surface area contributed by atoms with Crippen molar-refractivity contribution in [2.45, 2.75) is 71.1 Å². The van der Waals surface area contributed by atoms with Crippen LogP contribution in [-0.4, -0.2) is 4.98 Å². The van der Waals surface area contributed by atoms with Crippen molar-refractivity contribution < 1.29 is 4.57 Å². The first-order chi connectivity index (χ1) is 17.4. The summed E-state index contributed by atoms with van der Waals surface area (Å²) in [5.41, 5.74) is 8.27. The topological polar surface area (TPSA) is 16.8 Å². The average molecular weight is 506 g/mol. The fourth-order valence-corrected chi connectivity index (χ4v) is 7.42. The van der Waals surface area contributed by atoms with Crippen LogP contribution in [0.25, 0.3) is 43.7 Å². The molecule has 0 saturated heterocycles. The van der Waals surface area contributed by atoms with Crippen molar-refractivity contribution in [3.05, 3.63) is 71.5 Å². The first kappa shape index (κ1) is 24.4. The van der Waals surface area contributed by atoms with Crippen LogP contribution in [0.5, 0.6) is 0 Å². The van der Waals surface area contributed by atoms with Crippen molar-refractivity contribution in [1.82, 2.24) is 4.98 Å². The minimum absolute atomic E-state index is 0.188. The van der Waals surface area contributed by atoms with Crippen molar-refractivity contribution in [1.29, 1.82) is 0 Å². The molecule has 0 unspecified atom stereocenters. The van der Waals surface area contributed by atoms with Crippen molar-refractivity contribution in [2.75, 3.05) is 0 Å². The Morgan fingerprint density at radius 2 is 1.51 bits per heavy atom. The molecule has 0 fully saturated rings. The van der Waals surface area contributed by atoms with Gasteiger partial charge in [-0.25, -0.2) is 4.57 Å². The van der Waals surface area contributed by atoms with Gasteiger partial charge in [-0.1, -0.05) is 83.6 Å². The van der Waals surface area contributed by atoms with Gasteiger partial charge in [-0.3, -0.25) is 4.98 Å². The molecule has 1 aliphatic heterocycles. The summed E-state index contributed by atoms with van der Waals surface area (Å²) in [6.07, 6.45) is 4.25. The van der Waals surface area contributed by atoms with Crippen LogP contribution in [0.1, 0.15) is 58.4 Å². The fourth-order valence-electron chi connectivity index (χ4n) is 6.06. The van der Waals surface area contributed by atoms with Crippen molar-refractivity contribution in [2.24, 2.45) is 17.9 Å². The van der Waals surface area contributed by atoms with E-state index in [4.69, 9.17) is 4.98 Å². The third kappa shape index (κ3) is 4.12. The second-order valence-corrected chi connectivity index (χ2v) is 14.3. The summed E-state index contributed by atoms with van der Waals surface area (Å²) in [4.78, 5) is 7.93. The molecular weight excluding hydrogens is 468 g/mol. The van der Waals surface area contributed by atoms with E-state index >= 15 is 0 Å². The van der Waals surface area contributed by atoms with Gasteiger partial charge in [0.15, 0.2) is 6.20 Å². The molecule has 6 rings (SSSR count). The lowest BCUT2D eigenvalue weighted by atomic mass is 9.83. The molecular formula is C34H37N2S+. The van der Waals surface area contributed by atoms with Crippen LogP contribution in [0.4, 0.5) is 0 Å². The Morgan fingerprint density at radius 3 is 2.22 bits per heavy atom. The maximum absolute atomic E-state index is 5.18. The van der Waals surface area contributed by atoms with Gasteiger partial charge in [0.05, 0.1) is 16.5 Å². The second kappa shape index (κ2) is 8.30. The molecule has 0 N–H and O–H groups in total. The number of pyridine rings is 2. The lowest BCUT2D eigenvalue weighted by Crippen LogP contribution is -2.32. The molecule has 2 nitrogen and oxygen atoms in total. The third-order valence-corrected chi connectivity index (χ3v) is 8.71. The summed E-state index contributed by atoms with van der Waals surface area (Å²) in [5, 5.41) is 6.68. The molecule has 0 amide bonds. The number of hydrogen-bond donors (Lipinski definition) is 0. The van der Waals surface area contributed by atoms with Crippen LogP contribution in [0.3, 0.4) is 0 Å². The van der Waals surface area contributed by atoms with Gasteiger partial charge >= 0.3 is 0 Å². The lowest BCUT2D eigenvalue weighted by Gasteiger charge is -2.28. The van der Waals surface area contributed by atoms with Gasteiger partial charge in [0, 0.05) is 32.3 Å². The first-order valence-electron chi connectivity index (χ1n) is 13.4. The number of hydrogen-bond acceptors (Lipinski definition) is 2. The predicted octanol–water partition coefficient (Wildman–Crippen LogP) is 8.98. The molecule has 0 aliphatic carbocycles. The summed E-state index contributed by atoms with van der Waals surface area (Å²) in [5.74, 6) is 0. The van der Waals surface area contributed by atoms with E-state index in [0.717, 1.165) is 18.4 Å². The number of aromatic nitrogens is 2. The first-order valence-corrected chi connectivity index (χ1v) is 14.2. The van der Waals surface area contributed by atoms with E-state index in [2.05, 4.69) is 115 Å². The number of benzene rings is 3. The van der Waals surface area contributed by atoms with Crippen LogP contribution in [0.2, 0.25) is 0 Å². The van der Waals surface area contributed by atoms with Crippen molar-refractivity contribution in [3.63, 3.8) is 0 Å². The van der Waals surface area contributed by atoms with Crippen molar-refractivity contribution in [3.8, 4) is 11.3 Å². The molecule has 1 aliphatic rings. The summed E-state index contributed by atoms with van der Waals surface area (Å²) in [6, 6.07) is 18.2. The van der Waals surface area contributed by atoms with Gasteiger partial charge in [-0.15, -0.1) is 0 Å². The van der Waals surface area contributed by atoms with Crippen LogP contribution in [-0.2, 0) is 19.9 Å². The molecule has 5 aromatic rings. The Balaban J connectivity index is 1.71. The molecule has 3 heteroatoms. The van der Waals surface area contributed by atoms with Gasteiger partial charge in [0.2, 0.25) is 5.69 Å². The normalized spacial score (nSPS) is 13.5. The summed E-state index contributed by atoms with van der Waals surface area (Å²) in [7, 11) is 2.20. The summed E-state index contributed by atoms with van der Waals surface area (Å²) in [6.45, 7) is 16.2. The summed E-state index contributed by atoms with van der Waals surface area (Å²) >= 11 is 1.96. The predicted molar refractivity (Wildman–Crippen MR) is 159 cm³/mol. The van der Waals surface area contributed by atoms with E-state index in [1.54, 1.807) is 0 Å². The highest BCUT2D eigenvalue weighted by atomic mass is 32.2. The quantitative estimate of drug-likeness (QED) is 0.172. The monoisotopic (exact) mass is 505 g/mol. The molecule has 188 valence electrons. The second-order valence-electron chi connectivity index (χ2n) is 13.2. The maximum atomic E-state index is 5.18. The van der Waals surface area contributed by atoms with Crippen LogP contribution < -0.4 is 4.57 Å². The molecule has 0 spiro atoms. The smallest absolute Gasteiger partial charge is 0.222 e. The van der Waals surface area contributed by atoms with Gasteiger partial charge in [-0.2, -0.15) is 0 Å². The Bertz CT molecular complexity index is 1730. The van der Waals surface area contributed by atoms with Crippen molar-refractivity contribution >= 4 is 44.2 Å². The highest BCUT2D eigenvalue weighted by molar-refractivity contribution is 8.00. The van der Waals surface area contributed by atoms with Crippen LogP contribution in [0, 0.1) is 17.8 Å². The maximum Gasteiger partial charge on any atom is 0.222 e. The van der Waals surface area contributed by atoms with E-state index in [1.165, 1.54) is 64.8 Å². The fraction of sp³-hybridized carbons (Fsp3) is 0.353. The zero-order chi connectivity index (χ0) is 26.3. The Morgan fingerprint density at radius 1 is 0.811 bits per heavy atom. The van der Waals surface area contributed by atoms with E-state index in [1.807, 2.05) is 11.8 Å². The number of fused-ring (bicyclic) bond motifs is 5. The number of aryl methyl sites for hydroxylation is 2. The molecule has 2 aromatic heterocycles. The Kier molecular flexibility index (Phi) is 5.48. The van der Waals surface area contributed by atoms with Gasteiger partial charge in [-0.05, 0) is 64.6 Å². The SMILES string of the molecule is Cc1c2c(c(CC(C)(C)C)c3ccccc13)Sc1cc3nc(CC(C)(C)C)ccc3c3cc[n+](C)c-2c13. The molecule has 0 atom stereocenters. The largest absolute Gasteiger partial charge is 0.253 e. The minimum Gasteiger partial charge on any atom is -0.253 e. The number of nitrogens with zero attached hydrogens (tertiary/aromatic N) is 2. The van der Waals surface area contributed by atoms with Crippen LogP contribution in [0.15, 0.2) is 64.5 Å². The zero-order valence-electron chi connectivity index (χ0n) is 23.4. The highest BCUT2D eigenvalue weighted by Crippen LogP contribution is 2.53. The molecule has 3 aromatic carbocycles. The van der Waals surface area contributed by atoms with Crippen LogP contribution >= 0.6 is 11.8 Å². The molecule has 0 bridgehead atoms. The molecule has 37 heavy (non-hydrogen) atoms. The van der Waals surface area contributed by atoms with Gasteiger partial charge in [0.25, 0.3) is 0 Å². The molecule has 0 radical (unpaired) electrons. The standard InChI is InChI=1S/C34H37N2S/c1-20-22-11-9-10-12-23(22)26(19-34(5,6)7)32-29(20)31-30-25(15-16-36(31)8)24-14-13-21(18-33(2,3)4)35-27(24)17-28(30)37-32/h9-17H,18-19H2,1-8H3/q+1.